The normalized spacial score (nSPS) is 10.0. The number of hydrogen-bond donors (Lipinski definition) is 0. The molecule has 3 nitrogen and oxygen atoms in total. The molecule has 0 heterocycles. The van der Waals surface area contributed by atoms with Crippen molar-refractivity contribution in [2.45, 2.75) is 26.7 Å². The summed E-state index contributed by atoms with van der Waals surface area (Å²) in [6.07, 6.45) is 1.32. The Morgan fingerprint density at radius 1 is 1.19 bits per heavy atom. The van der Waals surface area contributed by atoms with E-state index in [2.05, 4.69) is 0 Å². The third kappa shape index (κ3) is 2.99. The second-order valence-corrected chi connectivity index (χ2v) is 3.84. The SMILES string of the molecule is COc1cc(C)c(CCC(C)=O)cc1OC. The minimum Gasteiger partial charge on any atom is -0.493 e. The van der Waals surface area contributed by atoms with E-state index in [1.807, 2.05) is 19.1 Å². The van der Waals surface area contributed by atoms with E-state index >= 15 is 0 Å². The molecule has 0 saturated carbocycles. The Labute approximate surface area is 96.4 Å². The van der Waals surface area contributed by atoms with Gasteiger partial charge in [-0.2, -0.15) is 0 Å². The third-order valence-electron chi connectivity index (χ3n) is 2.59. The van der Waals surface area contributed by atoms with Gasteiger partial charge >= 0.3 is 0 Å². The molecule has 0 aliphatic rings. The number of ketones is 1. The lowest BCUT2D eigenvalue weighted by Crippen LogP contribution is -1.99. The fourth-order valence-electron chi connectivity index (χ4n) is 1.60. The van der Waals surface area contributed by atoms with Gasteiger partial charge < -0.3 is 14.3 Å². The van der Waals surface area contributed by atoms with Crippen LogP contribution in [0.2, 0.25) is 0 Å². The Hall–Kier alpha value is -1.51. The van der Waals surface area contributed by atoms with Gasteiger partial charge in [0.1, 0.15) is 5.78 Å². The van der Waals surface area contributed by atoms with E-state index in [-0.39, 0.29) is 5.78 Å². The Morgan fingerprint density at radius 3 is 2.25 bits per heavy atom. The van der Waals surface area contributed by atoms with E-state index in [1.54, 1.807) is 21.1 Å². The maximum absolute atomic E-state index is 11.0. The summed E-state index contributed by atoms with van der Waals surface area (Å²) in [5.41, 5.74) is 2.26. The highest BCUT2D eigenvalue weighted by atomic mass is 16.5. The first-order valence-corrected chi connectivity index (χ1v) is 5.29. The zero-order chi connectivity index (χ0) is 12.1. The van der Waals surface area contributed by atoms with Crippen LogP contribution in [0.3, 0.4) is 0 Å². The van der Waals surface area contributed by atoms with E-state index in [1.165, 1.54) is 0 Å². The summed E-state index contributed by atoms with van der Waals surface area (Å²) in [6, 6.07) is 3.88. The van der Waals surface area contributed by atoms with Gasteiger partial charge in [0.15, 0.2) is 11.5 Å². The molecule has 0 atom stereocenters. The summed E-state index contributed by atoms with van der Waals surface area (Å²) < 4.78 is 10.4. The summed E-state index contributed by atoms with van der Waals surface area (Å²) in [5, 5.41) is 0. The van der Waals surface area contributed by atoms with Gasteiger partial charge in [-0.15, -0.1) is 0 Å². The molecule has 0 N–H and O–H groups in total. The first-order chi connectivity index (χ1) is 7.58. The number of hydrogen-bond acceptors (Lipinski definition) is 3. The molecule has 0 aliphatic carbocycles. The number of carbonyl (C=O) groups is 1. The highest BCUT2D eigenvalue weighted by Gasteiger charge is 2.08. The van der Waals surface area contributed by atoms with Gasteiger partial charge in [-0.1, -0.05) is 0 Å². The van der Waals surface area contributed by atoms with Crippen LogP contribution in [0.15, 0.2) is 12.1 Å². The molecule has 0 aromatic heterocycles. The number of ether oxygens (including phenoxy) is 2. The molecule has 1 aromatic carbocycles. The smallest absolute Gasteiger partial charge is 0.161 e. The van der Waals surface area contributed by atoms with Crippen LogP contribution in [0.5, 0.6) is 11.5 Å². The monoisotopic (exact) mass is 222 g/mol. The summed E-state index contributed by atoms with van der Waals surface area (Å²) in [5.74, 6) is 1.65. The van der Waals surface area contributed by atoms with Gasteiger partial charge in [-0.3, -0.25) is 0 Å². The predicted octanol–water partition coefficient (Wildman–Crippen LogP) is 2.53. The van der Waals surface area contributed by atoms with Crippen LogP contribution in [0.4, 0.5) is 0 Å². The van der Waals surface area contributed by atoms with Gasteiger partial charge in [-0.05, 0) is 43.5 Å². The van der Waals surface area contributed by atoms with Crippen LogP contribution in [0.25, 0.3) is 0 Å². The van der Waals surface area contributed by atoms with Gasteiger partial charge in [0.25, 0.3) is 0 Å². The highest BCUT2D eigenvalue weighted by molar-refractivity contribution is 5.75. The number of aryl methyl sites for hydroxylation is 2. The molecule has 0 spiro atoms. The lowest BCUT2D eigenvalue weighted by molar-refractivity contribution is -0.116. The van der Waals surface area contributed by atoms with Crippen molar-refractivity contribution in [2.75, 3.05) is 14.2 Å². The Morgan fingerprint density at radius 2 is 1.75 bits per heavy atom. The van der Waals surface area contributed by atoms with Gasteiger partial charge in [-0.25, -0.2) is 0 Å². The topological polar surface area (TPSA) is 35.5 Å². The molecule has 16 heavy (non-hydrogen) atoms. The fourth-order valence-corrected chi connectivity index (χ4v) is 1.60. The Kier molecular flexibility index (Phi) is 4.35. The van der Waals surface area contributed by atoms with Crippen molar-refractivity contribution in [1.82, 2.24) is 0 Å². The van der Waals surface area contributed by atoms with E-state index in [0.717, 1.165) is 23.3 Å². The molecule has 3 heteroatoms. The fraction of sp³-hybridized carbons (Fsp3) is 0.462. The molecule has 88 valence electrons. The minimum atomic E-state index is 0.203. The summed E-state index contributed by atoms with van der Waals surface area (Å²) >= 11 is 0. The number of benzene rings is 1. The molecular weight excluding hydrogens is 204 g/mol. The lowest BCUT2D eigenvalue weighted by Gasteiger charge is -2.12. The van der Waals surface area contributed by atoms with Crippen LogP contribution >= 0.6 is 0 Å². The molecule has 0 radical (unpaired) electrons. The van der Waals surface area contributed by atoms with Crippen LogP contribution in [-0.4, -0.2) is 20.0 Å². The Bertz CT molecular complexity index is 383. The zero-order valence-electron chi connectivity index (χ0n) is 10.3. The first kappa shape index (κ1) is 12.6. The molecule has 0 fully saturated rings. The average molecular weight is 222 g/mol. The maximum Gasteiger partial charge on any atom is 0.161 e. The number of Topliss-reactive ketones (excluding diaryl/α,β-unsaturated/α-hetero) is 1. The maximum atomic E-state index is 11.0. The molecule has 0 unspecified atom stereocenters. The molecule has 0 bridgehead atoms. The van der Waals surface area contributed by atoms with Crippen molar-refractivity contribution in [3.63, 3.8) is 0 Å². The minimum absolute atomic E-state index is 0.203. The third-order valence-corrected chi connectivity index (χ3v) is 2.59. The quantitative estimate of drug-likeness (QED) is 0.768. The highest BCUT2D eigenvalue weighted by Crippen LogP contribution is 2.30. The van der Waals surface area contributed by atoms with Crippen LogP contribution in [0.1, 0.15) is 24.5 Å². The average Bonchev–Trinajstić information content (AvgIpc) is 2.26. The molecule has 0 aliphatic heterocycles. The first-order valence-electron chi connectivity index (χ1n) is 5.29. The standard InChI is InChI=1S/C13H18O3/c1-9-7-12(15-3)13(16-4)8-11(9)6-5-10(2)14/h7-8H,5-6H2,1-4H3. The second-order valence-electron chi connectivity index (χ2n) is 3.84. The number of rotatable bonds is 5. The van der Waals surface area contributed by atoms with Gasteiger partial charge in [0.05, 0.1) is 14.2 Å². The van der Waals surface area contributed by atoms with Crippen LogP contribution in [0, 0.1) is 6.92 Å². The molecule has 1 aromatic rings. The summed E-state index contributed by atoms with van der Waals surface area (Å²) in [4.78, 5) is 11.0. The number of methoxy groups -OCH3 is 2. The van der Waals surface area contributed by atoms with Crippen molar-refractivity contribution in [2.24, 2.45) is 0 Å². The molecule has 0 amide bonds. The predicted molar refractivity (Wildman–Crippen MR) is 63.3 cm³/mol. The van der Waals surface area contributed by atoms with E-state index in [0.29, 0.717) is 12.2 Å². The van der Waals surface area contributed by atoms with E-state index in [9.17, 15) is 4.79 Å². The Balaban J connectivity index is 2.96. The molecule has 1 rings (SSSR count). The molecular formula is C13H18O3. The van der Waals surface area contributed by atoms with Crippen molar-refractivity contribution >= 4 is 5.78 Å². The van der Waals surface area contributed by atoms with Crippen LogP contribution in [-0.2, 0) is 11.2 Å². The van der Waals surface area contributed by atoms with Crippen LogP contribution < -0.4 is 9.47 Å². The molecule has 0 saturated heterocycles. The van der Waals surface area contributed by atoms with Gasteiger partial charge in [0.2, 0.25) is 0 Å². The van der Waals surface area contributed by atoms with E-state index in [4.69, 9.17) is 9.47 Å². The van der Waals surface area contributed by atoms with E-state index < -0.39 is 0 Å². The lowest BCUT2D eigenvalue weighted by atomic mass is 10.0. The largest absolute Gasteiger partial charge is 0.493 e. The number of carbonyl (C=O) groups excluding carboxylic acids is 1. The van der Waals surface area contributed by atoms with Crippen molar-refractivity contribution in [3.05, 3.63) is 23.3 Å². The van der Waals surface area contributed by atoms with Gasteiger partial charge in [0, 0.05) is 6.42 Å². The zero-order valence-corrected chi connectivity index (χ0v) is 10.3. The van der Waals surface area contributed by atoms with Crippen molar-refractivity contribution in [3.8, 4) is 11.5 Å². The van der Waals surface area contributed by atoms with Crippen molar-refractivity contribution < 1.29 is 14.3 Å². The summed E-state index contributed by atoms with van der Waals surface area (Å²) in [7, 11) is 3.23. The summed E-state index contributed by atoms with van der Waals surface area (Å²) in [6.45, 7) is 3.62. The van der Waals surface area contributed by atoms with Crippen molar-refractivity contribution in [1.29, 1.82) is 0 Å². The second kappa shape index (κ2) is 5.54.